The van der Waals surface area contributed by atoms with E-state index in [1.165, 1.54) is 19.3 Å². The second-order valence-electron chi connectivity index (χ2n) is 11.7. The van der Waals surface area contributed by atoms with Crippen molar-refractivity contribution in [2.75, 3.05) is 46.0 Å². The Morgan fingerprint density at radius 3 is 2.40 bits per heavy atom. The van der Waals surface area contributed by atoms with E-state index in [1.807, 2.05) is 29.2 Å². The molecule has 5 fully saturated rings. The number of likely N-dealkylation sites (tertiary alicyclic amines) is 2. The van der Waals surface area contributed by atoms with E-state index in [2.05, 4.69) is 4.90 Å². The number of para-hydroxylation sites is 1. The molecule has 0 radical (unpaired) electrons. The van der Waals surface area contributed by atoms with Gasteiger partial charge < -0.3 is 19.3 Å². The first-order valence-electron chi connectivity index (χ1n) is 13.2. The molecule has 1 atom stereocenters. The summed E-state index contributed by atoms with van der Waals surface area (Å²) in [6.45, 7) is 4.71. The highest BCUT2D eigenvalue weighted by Gasteiger charge is 2.64. The molecule has 8 heteroatoms. The maximum absolute atomic E-state index is 13.3. The van der Waals surface area contributed by atoms with Gasteiger partial charge in [0, 0.05) is 24.5 Å². The van der Waals surface area contributed by atoms with E-state index in [1.54, 1.807) is 0 Å². The van der Waals surface area contributed by atoms with Gasteiger partial charge in [0.2, 0.25) is 5.91 Å². The summed E-state index contributed by atoms with van der Waals surface area (Å²) in [4.78, 5) is 17.1. The van der Waals surface area contributed by atoms with Crippen molar-refractivity contribution in [3.63, 3.8) is 0 Å². The van der Waals surface area contributed by atoms with Crippen molar-refractivity contribution in [2.24, 2.45) is 16.7 Å². The van der Waals surface area contributed by atoms with Crippen molar-refractivity contribution in [1.82, 2.24) is 9.80 Å². The minimum atomic E-state index is -4.19. The number of benzene rings is 1. The molecule has 0 bridgehead atoms. The Bertz CT molecular complexity index is 945. The standard InChI is InChI=1S/C27H35F3N2O3/c28-27(29,30)26(9-10-26)18-35-23-4-2-1-3-22(23)19-6-11-31(12-7-19)21-5-8-25(13-21)16-32(17-25)24(33)20-14-34-15-20/h1-4,19-21H,5-18H2. The van der Waals surface area contributed by atoms with Crippen LogP contribution in [0.4, 0.5) is 13.2 Å². The quantitative estimate of drug-likeness (QED) is 0.582. The summed E-state index contributed by atoms with van der Waals surface area (Å²) in [5.41, 5.74) is -0.282. The molecule has 3 saturated heterocycles. The lowest BCUT2D eigenvalue weighted by Crippen LogP contribution is -2.61. The molecule has 3 heterocycles. The van der Waals surface area contributed by atoms with Crippen LogP contribution in [-0.4, -0.2) is 73.9 Å². The van der Waals surface area contributed by atoms with Crippen molar-refractivity contribution in [3.05, 3.63) is 29.8 Å². The van der Waals surface area contributed by atoms with Gasteiger partial charge in [0.25, 0.3) is 0 Å². The number of hydrogen-bond acceptors (Lipinski definition) is 4. The molecule has 6 rings (SSSR count). The van der Waals surface area contributed by atoms with Gasteiger partial charge in [-0.1, -0.05) is 18.2 Å². The van der Waals surface area contributed by atoms with E-state index in [0.29, 0.717) is 36.3 Å². The van der Waals surface area contributed by atoms with Crippen molar-refractivity contribution in [2.45, 2.75) is 63.1 Å². The molecular weight excluding hydrogens is 457 g/mol. The lowest BCUT2D eigenvalue weighted by atomic mass is 9.77. The molecule has 1 amide bonds. The van der Waals surface area contributed by atoms with Crippen molar-refractivity contribution in [3.8, 4) is 5.75 Å². The molecule has 1 aromatic rings. The number of piperidine rings is 1. The summed E-state index contributed by atoms with van der Waals surface area (Å²) < 4.78 is 51.0. The van der Waals surface area contributed by atoms with Gasteiger partial charge in [-0.2, -0.15) is 13.2 Å². The molecule has 2 saturated carbocycles. The van der Waals surface area contributed by atoms with Gasteiger partial charge >= 0.3 is 6.18 Å². The minimum absolute atomic E-state index is 0.0821. The zero-order chi connectivity index (χ0) is 24.3. The van der Waals surface area contributed by atoms with Crippen LogP contribution in [0.5, 0.6) is 5.75 Å². The van der Waals surface area contributed by atoms with E-state index < -0.39 is 11.6 Å². The Hall–Kier alpha value is -1.80. The molecule has 3 aliphatic heterocycles. The summed E-state index contributed by atoms with van der Waals surface area (Å²) in [6, 6.07) is 8.25. The molecule has 0 aromatic heterocycles. The van der Waals surface area contributed by atoms with Gasteiger partial charge in [0.1, 0.15) is 17.8 Å². The zero-order valence-corrected chi connectivity index (χ0v) is 20.2. The largest absolute Gasteiger partial charge is 0.492 e. The number of halogens is 3. The fraction of sp³-hybridized carbons (Fsp3) is 0.741. The van der Waals surface area contributed by atoms with Crippen LogP contribution in [0.25, 0.3) is 0 Å². The van der Waals surface area contributed by atoms with Crippen molar-refractivity contribution in [1.29, 1.82) is 0 Å². The van der Waals surface area contributed by atoms with Crippen LogP contribution in [0.15, 0.2) is 24.3 Å². The van der Waals surface area contributed by atoms with Crippen LogP contribution < -0.4 is 4.74 Å². The predicted molar refractivity (Wildman–Crippen MR) is 124 cm³/mol. The lowest BCUT2D eigenvalue weighted by molar-refractivity contribution is -0.194. The fourth-order valence-electron chi connectivity index (χ4n) is 6.73. The maximum atomic E-state index is 13.3. The van der Waals surface area contributed by atoms with Crippen LogP contribution in [0.2, 0.25) is 0 Å². The van der Waals surface area contributed by atoms with Crippen LogP contribution in [0.1, 0.15) is 56.4 Å². The third kappa shape index (κ3) is 4.35. The SMILES string of the molecule is O=C(C1COC1)N1CC2(CCC(N3CCC(c4ccccc4OCC4(C(F)(F)F)CC4)CC3)C2)C1. The smallest absolute Gasteiger partial charge is 0.397 e. The Labute approximate surface area is 204 Å². The van der Waals surface area contributed by atoms with Gasteiger partial charge in [-0.15, -0.1) is 0 Å². The van der Waals surface area contributed by atoms with Gasteiger partial charge in [-0.05, 0) is 75.6 Å². The lowest BCUT2D eigenvalue weighted by Gasteiger charge is -2.50. The van der Waals surface area contributed by atoms with Crippen LogP contribution >= 0.6 is 0 Å². The Morgan fingerprint density at radius 2 is 1.77 bits per heavy atom. The summed E-state index contributed by atoms with van der Waals surface area (Å²) in [5.74, 6) is 1.30. The molecule has 2 aliphatic carbocycles. The third-order valence-corrected chi connectivity index (χ3v) is 9.39. The Kier molecular flexibility index (Phi) is 5.83. The monoisotopic (exact) mass is 492 g/mol. The number of hydrogen-bond donors (Lipinski definition) is 0. The first-order valence-corrected chi connectivity index (χ1v) is 13.2. The molecule has 5 aliphatic rings. The summed E-state index contributed by atoms with van der Waals surface area (Å²) in [5, 5.41) is 0. The highest BCUT2D eigenvalue weighted by Crippen LogP contribution is 2.57. The second kappa shape index (κ2) is 8.65. The van der Waals surface area contributed by atoms with Gasteiger partial charge in [-0.25, -0.2) is 0 Å². The van der Waals surface area contributed by atoms with Crippen molar-refractivity contribution < 1.29 is 27.4 Å². The number of ether oxygens (including phenoxy) is 2. The topological polar surface area (TPSA) is 42.0 Å². The summed E-state index contributed by atoms with van der Waals surface area (Å²) in [7, 11) is 0. The molecule has 1 aromatic carbocycles. The minimum Gasteiger partial charge on any atom is -0.492 e. The predicted octanol–water partition coefficient (Wildman–Crippen LogP) is 4.61. The van der Waals surface area contributed by atoms with E-state index in [-0.39, 0.29) is 31.3 Å². The number of carbonyl (C=O) groups excluding carboxylic acids is 1. The normalized spacial score (nSPS) is 28.5. The van der Waals surface area contributed by atoms with Crippen molar-refractivity contribution >= 4 is 5.91 Å². The average Bonchev–Trinajstić information content (AvgIpc) is 3.46. The van der Waals surface area contributed by atoms with E-state index in [4.69, 9.17) is 9.47 Å². The van der Waals surface area contributed by atoms with E-state index >= 15 is 0 Å². The highest BCUT2D eigenvalue weighted by molar-refractivity contribution is 5.80. The Balaban J connectivity index is 1.01. The molecule has 1 spiro atoms. The number of alkyl halides is 3. The highest BCUT2D eigenvalue weighted by atomic mass is 19.4. The van der Waals surface area contributed by atoms with Gasteiger partial charge in [-0.3, -0.25) is 4.79 Å². The molecule has 192 valence electrons. The molecule has 1 unspecified atom stereocenters. The summed E-state index contributed by atoms with van der Waals surface area (Å²) in [6.07, 6.45) is 1.70. The third-order valence-electron chi connectivity index (χ3n) is 9.39. The Morgan fingerprint density at radius 1 is 1.06 bits per heavy atom. The first kappa shape index (κ1) is 23.6. The second-order valence-corrected chi connectivity index (χ2v) is 11.7. The number of rotatable bonds is 6. The zero-order valence-electron chi connectivity index (χ0n) is 20.2. The number of amides is 1. The molecule has 35 heavy (non-hydrogen) atoms. The van der Waals surface area contributed by atoms with Crippen LogP contribution in [-0.2, 0) is 9.53 Å². The summed E-state index contributed by atoms with van der Waals surface area (Å²) >= 11 is 0. The fourth-order valence-corrected chi connectivity index (χ4v) is 6.73. The van der Waals surface area contributed by atoms with Gasteiger partial charge in [0.05, 0.1) is 19.1 Å². The number of carbonyl (C=O) groups is 1. The first-order chi connectivity index (χ1) is 16.8. The van der Waals surface area contributed by atoms with E-state index in [9.17, 15) is 18.0 Å². The maximum Gasteiger partial charge on any atom is 0.397 e. The van der Waals surface area contributed by atoms with Crippen LogP contribution in [0, 0.1) is 16.7 Å². The average molecular weight is 493 g/mol. The van der Waals surface area contributed by atoms with E-state index in [0.717, 1.165) is 44.6 Å². The van der Waals surface area contributed by atoms with Crippen LogP contribution in [0.3, 0.4) is 0 Å². The number of nitrogens with zero attached hydrogens (tertiary/aromatic N) is 2. The molecular formula is C27H35F3N2O3. The molecule has 5 nitrogen and oxygen atoms in total. The van der Waals surface area contributed by atoms with Gasteiger partial charge in [0.15, 0.2) is 0 Å². The molecule has 0 N–H and O–H groups in total.